The number of hydrogen-bond donors (Lipinski definition) is 2. The molecule has 0 radical (unpaired) electrons. The molecule has 6 nitrogen and oxygen atoms in total. The van der Waals surface area contributed by atoms with Gasteiger partial charge in [-0.1, -0.05) is 0 Å². The third-order valence-corrected chi connectivity index (χ3v) is 4.46. The number of aromatic amines is 1. The first-order valence-electron chi connectivity index (χ1n) is 4.82. The molecule has 1 aromatic rings. The van der Waals surface area contributed by atoms with Crippen LogP contribution in [0.3, 0.4) is 0 Å². The van der Waals surface area contributed by atoms with E-state index in [1.165, 1.54) is 12.3 Å². The Labute approximate surface area is 102 Å². The van der Waals surface area contributed by atoms with Crippen molar-refractivity contribution in [2.45, 2.75) is 17.9 Å². The highest BCUT2D eigenvalue weighted by Crippen LogP contribution is 2.05. The summed E-state index contributed by atoms with van der Waals surface area (Å²) in [5.41, 5.74) is -0.369. The monoisotopic (exact) mass is 278 g/mol. The summed E-state index contributed by atoms with van der Waals surface area (Å²) < 4.78 is 36.9. The molecule has 1 rings (SSSR count). The van der Waals surface area contributed by atoms with Crippen LogP contribution in [0.4, 0.5) is 0 Å². The van der Waals surface area contributed by atoms with Gasteiger partial charge in [-0.2, -0.15) is 0 Å². The van der Waals surface area contributed by atoms with Gasteiger partial charge >= 0.3 is 0 Å². The molecule has 96 valence electrons. The number of hydrogen-bond acceptors (Lipinski definition) is 4. The van der Waals surface area contributed by atoms with Gasteiger partial charge in [-0.3, -0.25) is 9.00 Å². The van der Waals surface area contributed by atoms with Crippen molar-refractivity contribution >= 4 is 20.8 Å². The number of aromatic nitrogens is 1. The lowest BCUT2D eigenvalue weighted by Gasteiger charge is -2.12. The van der Waals surface area contributed by atoms with Crippen molar-refractivity contribution in [3.8, 4) is 0 Å². The van der Waals surface area contributed by atoms with Crippen molar-refractivity contribution in [2.24, 2.45) is 0 Å². The van der Waals surface area contributed by atoms with Gasteiger partial charge in [-0.25, -0.2) is 13.1 Å². The van der Waals surface area contributed by atoms with Crippen LogP contribution in [0.2, 0.25) is 0 Å². The Hall–Kier alpha value is -0.990. The summed E-state index contributed by atoms with van der Waals surface area (Å²) in [5.74, 6) is 0.239. The summed E-state index contributed by atoms with van der Waals surface area (Å²) in [6.45, 7) is 1.63. The Bertz CT molecular complexity index is 544. The third kappa shape index (κ3) is 4.41. The van der Waals surface area contributed by atoms with Crippen molar-refractivity contribution in [1.29, 1.82) is 0 Å². The van der Waals surface area contributed by atoms with Crippen molar-refractivity contribution in [3.63, 3.8) is 0 Å². The average Bonchev–Trinajstić information content (AvgIpc) is 2.15. The molecule has 17 heavy (non-hydrogen) atoms. The Morgan fingerprint density at radius 2 is 2.12 bits per heavy atom. The molecular formula is C9H14N2O4S2. The summed E-state index contributed by atoms with van der Waals surface area (Å²) in [7, 11) is -4.75. The summed E-state index contributed by atoms with van der Waals surface area (Å²) in [6, 6.07) is 1.92. The molecule has 0 fully saturated rings. The van der Waals surface area contributed by atoms with Crippen molar-refractivity contribution in [3.05, 3.63) is 28.7 Å². The van der Waals surface area contributed by atoms with E-state index in [2.05, 4.69) is 9.71 Å². The van der Waals surface area contributed by atoms with Gasteiger partial charge in [0.05, 0.1) is 4.90 Å². The van der Waals surface area contributed by atoms with E-state index in [1.54, 1.807) is 6.92 Å². The van der Waals surface area contributed by atoms with E-state index in [1.807, 2.05) is 0 Å². The molecule has 0 spiro atoms. The Balaban J connectivity index is 2.85. The summed E-state index contributed by atoms with van der Waals surface area (Å²) in [6.07, 6.45) is 2.63. The Morgan fingerprint density at radius 1 is 1.47 bits per heavy atom. The first kappa shape index (κ1) is 14.1. The summed E-state index contributed by atoms with van der Waals surface area (Å²) in [4.78, 5) is 13.1. The van der Waals surface area contributed by atoms with Crippen LogP contribution in [0, 0.1) is 0 Å². The van der Waals surface area contributed by atoms with Gasteiger partial charge in [-0.05, 0) is 13.0 Å². The van der Waals surface area contributed by atoms with E-state index in [0.717, 1.165) is 12.3 Å². The van der Waals surface area contributed by atoms with Crippen LogP contribution >= 0.6 is 0 Å². The van der Waals surface area contributed by atoms with Gasteiger partial charge < -0.3 is 4.98 Å². The van der Waals surface area contributed by atoms with Crippen molar-refractivity contribution in [1.82, 2.24) is 9.71 Å². The van der Waals surface area contributed by atoms with Gasteiger partial charge in [0.25, 0.3) is 0 Å². The molecule has 2 atom stereocenters. The highest BCUT2D eigenvalue weighted by Gasteiger charge is 2.17. The molecule has 1 heterocycles. The van der Waals surface area contributed by atoms with E-state index >= 15 is 0 Å². The smallest absolute Gasteiger partial charge is 0.247 e. The Morgan fingerprint density at radius 3 is 2.59 bits per heavy atom. The van der Waals surface area contributed by atoms with Gasteiger partial charge in [0.15, 0.2) is 0 Å². The molecule has 0 bridgehead atoms. The molecule has 0 aliphatic rings. The van der Waals surface area contributed by atoms with Gasteiger partial charge in [-0.15, -0.1) is 0 Å². The maximum absolute atomic E-state index is 11.8. The molecule has 2 N–H and O–H groups in total. The number of H-pyrrole nitrogens is 1. The molecule has 0 aliphatic carbocycles. The summed E-state index contributed by atoms with van der Waals surface area (Å²) in [5, 5.41) is 0. The second-order valence-corrected chi connectivity index (χ2v) is 6.84. The second-order valence-electron chi connectivity index (χ2n) is 3.65. The maximum Gasteiger partial charge on any atom is 0.247 e. The zero-order valence-electron chi connectivity index (χ0n) is 9.47. The standard InChI is InChI=1S/C9H14N2O4S2/c1-7(6-16(2)13)11-17(14,15)8-3-4-9(12)10-5-8/h3-5,7,11H,6H2,1-2H3,(H,10,12). The fourth-order valence-corrected chi connectivity index (χ4v) is 3.39. The SMILES string of the molecule is CC(CS(C)=O)NS(=O)(=O)c1ccc(=O)[nH]c1. The van der Waals surface area contributed by atoms with Gasteiger partial charge in [0.2, 0.25) is 15.6 Å². The van der Waals surface area contributed by atoms with E-state index in [0.29, 0.717) is 0 Å². The van der Waals surface area contributed by atoms with Crippen LogP contribution in [-0.4, -0.2) is 35.7 Å². The number of nitrogens with one attached hydrogen (secondary N) is 2. The molecular weight excluding hydrogens is 264 g/mol. The minimum Gasteiger partial charge on any atom is -0.328 e. The van der Waals surface area contributed by atoms with E-state index in [-0.39, 0.29) is 16.2 Å². The van der Waals surface area contributed by atoms with E-state index < -0.39 is 26.9 Å². The lowest BCUT2D eigenvalue weighted by atomic mass is 10.4. The summed E-state index contributed by atoms with van der Waals surface area (Å²) >= 11 is 0. The Kier molecular flexibility index (Phi) is 4.61. The fraction of sp³-hybridized carbons (Fsp3) is 0.444. The van der Waals surface area contributed by atoms with Crippen LogP contribution in [0.25, 0.3) is 0 Å². The van der Waals surface area contributed by atoms with Crippen LogP contribution in [-0.2, 0) is 20.8 Å². The van der Waals surface area contributed by atoms with Crippen LogP contribution < -0.4 is 10.3 Å². The molecule has 2 unspecified atom stereocenters. The van der Waals surface area contributed by atoms with Gasteiger partial charge in [0.1, 0.15) is 0 Å². The largest absolute Gasteiger partial charge is 0.328 e. The zero-order chi connectivity index (χ0) is 13.1. The maximum atomic E-state index is 11.8. The van der Waals surface area contributed by atoms with Crippen molar-refractivity contribution in [2.75, 3.05) is 12.0 Å². The molecule has 8 heteroatoms. The lowest BCUT2D eigenvalue weighted by molar-refractivity contribution is 0.569. The average molecular weight is 278 g/mol. The highest BCUT2D eigenvalue weighted by atomic mass is 32.2. The lowest BCUT2D eigenvalue weighted by Crippen LogP contribution is -2.36. The first-order chi connectivity index (χ1) is 7.81. The molecule has 0 saturated carbocycles. The molecule has 0 amide bonds. The fourth-order valence-electron chi connectivity index (χ4n) is 1.28. The van der Waals surface area contributed by atoms with E-state index in [4.69, 9.17) is 0 Å². The van der Waals surface area contributed by atoms with Gasteiger partial charge in [0, 0.05) is 41.1 Å². The number of rotatable bonds is 5. The predicted molar refractivity (Wildman–Crippen MR) is 65.8 cm³/mol. The number of pyridine rings is 1. The molecule has 0 saturated heterocycles. The predicted octanol–water partition coefficient (Wildman–Crippen LogP) is -0.580. The van der Waals surface area contributed by atoms with Crippen LogP contribution in [0.15, 0.2) is 28.0 Å². The third-order valence-electron chi connectivity index (χ3n) is 1.91. The van der Waals surface area contributed by atoms with Crippen LogP contribution in [0.1, 0.15) is 6.92 Å². The molecule has 0 aromatic carbocycles. The van der Waals surface area contributed by atoms with Crippen molar-refractivity contribution < 1.29 is 12.6 Å². The quantitative estimate of drug-likeness (QED) is 0.753. The van der Waals surface area contributed by atoms with Crippen LogP contribution in [0.5, 0.6) is 0 Å². The minimum atomic E-state index is -3.68. The number of sulfonamides is 1. The second kappa shape index (κ2) is 5.56. The normalized spacial score (nSPS) is 15.4. The first-order valence-corrected chi connectivity index (χ1v) is 8.03. The molecule has 1 aromatic heterocycles. The topological polar surface area (TPSA) is 96.1 Å². The van der Waals surface area contributed by atoms with E-state index in [9.17, 15) is 17.4 Å². The molecule has 0 aliphatic heterocycles. The zero-order valence-corrected chi connectivity index (χ0v) is 11.1. The minimum absolute atomic E-state index is 0.0224. The highest BCUT2D eigenvalue weighted by molar-refractivity contribution is 7.89.